The van der Waals surface area contributed by atoms with Gasteiger partial charge in [-0.3, -0.25) is 0 Å². The normalized spacial score (nSPS) is 10.1. The Morgan fingerprint density at radius 1 is 1.17 bits per heavy atom. The third-order valence-electron chi connectivity index (χ3n) is 2.57. The van der Waals surface area contributed by atoms with E-state index in [2.05, 4.69) is 45.9 Å². The number of hydrogen-bond donors (Lipinski definition) is 2. The van der Waals surface area contributed by atoms with Crippen molar-refractivity contribution in [2.45, 2.75) is 13.8 Å². The number of nitrogens with two attached hydrogens (primary N) is 1. The smallest absolute Gasteiger partial charge is 0.198 e. The molecule has 1 heterocycles. The average molecular weight is 267 g/mol. The number of rotatable bonds is 1. The van der Waals surface area contributed by atoms with E-state index < -0.39 is 10.9 Å². The molecule has 2 rings (SSSR count). The van der Waals surface area contributed by atoms with E-state index in [-0.39, 0.29) is 0 Å². The second-order valence-electron chi connectivity index (χ2n) is 3.90. The van der Waals surface area contributed by atoms with Crippen LogP contribution in [0.2, 0.25) is 0 Å². The van der Waals surface area contributed by atoms with Gasteiger partial charge >= 0.3 is 0 Å². The van der Waals surface area contributed by atoms with Crippen LogP contribution >= 0.6 is 0 Å². The van der Waals surface area contributed by atoms with E-state index >= 15 is 0 Å². The third-order valence-corrected chi connectivity index (χ3v) is 2.57. The highest BCUT2D eigenvalue weighted by Crippen LogP contribution is 2.19. The van der Waals surface area contributed by atoms with Gasteiger partial charge in [-0.05, 0) is 19.4 Å². The molecule has 98 valence electrons. The van der Waals surface area contributed by atoms with Crippen molar-refractivity contribution in [3.05, 3.63) is 41.9 Å². The van der Waals surface area contributed by atoms with Crippen molar-refractivity contribution < 1.29 is 8.42 Å². The monoisotopic (exact) mass is 267 g/mol. The molecule has 1 aromatic heterocycles. The molecule has 2 N–H and O–H groups in total. The average Bonchev–Trinajstić information content (AvgIpc) is 2.61. The summed E-state index contributed by atoms with van der Waals surface area (Å²) >= 11 is 0. The van der Waals surface area contributed by atoms with Crippen LogP contribution in [0.4, 0.5) is 0 Å². The van der Waals surface area contributed by atoms with Crippen LogP contribution < -0.4 is 5.14 Å². The largest absolute Gasteiger partial charge is 0.331 e. The van der Waals surface area contributed by atoms with Crippen molar-refractivity contribution in [3.8, 4) is 11.3 Å². The van der Waals surface area contributed by atoms with Gasteiger partial charge in [0.05, 0.1) is 11.9 Å². The van der Waals surface area contributed by atoms with Gasteiger partial charge in [-0.1, -0.05) is 29.8 Å². The van der Waals surface area contributed by atoms with E-state index in [4.69, 9.17) is 8.42 Å². The Kier molecular flexibility index (Phi) is 5.06. The molecule has 0 atom stereocenters. The Morgan fingerprint density at radius 3 is 2.06 bits per heavy atom. The van der Waals surface area contributed by atoms with E-state index in [9.17, 15) is 0 Å². The van der Waals surface area contributed by atoms with Gasteiger partial charge < -0.3 is 4.57 Å². The minimum Gasteiger partial charge on any atom is -0.331 e. The highest BCUT2D eigenvalue weighted by molar-refractivity contribution is 7.69. The first-order valence-corrected chi connectivity index (χ1v) is 6.61. The van der Waals surface area contributed by atoms with E-state index in [1.807, 2.05) is 20.2 Å². The van der Waals surface area contributed by atoms with Gasteiger partial charge in [0.15, 0.2) is 10.9 Å². The Morgan fingerprint density at radius 2 is 1.67 bits per heavy atom. The van der Waals surface area contributed by atoms with Crippen LogP contribution in [0.25, 0.3) is 11.3 Å². The molecule has 1 aromatic carbocycles. The standard InChI is InChI=1S/C12H14N2.H3NO2S/c1-9-4-6-11(7-5-9)12-8-13-10(2)14(12)3;1-4(2)3/h4-8H,1-3H3;4H,(H2,1,2,3). The molecule has 0 fully saturated rings. The first-order valence-electron chi connectivity index (χ1n) is 5.36. The van der Waals surface area contributed by atoms with Crippen molar-refractivity contribution in [2.75, 3.05) is 0 Å². The minimum atomic E-state index is -2.62. The molecule has 0 saturated carbocycles. The Hall–Kier alpha value is -1.66. The summed E-state index contributed by atoms with van der Waals surface area (Å²) in [4.78, 5) is 4.28. The second-order valence-corrected chi connectivity index (χ2v) is 4.47. The summed E-state index contributed by atoms with van der Waals surface area (Å²) < 4.78 is 19.7. The van der Waals surface area contributed by atoms with Crippen molar-refractivity contribution >= 4 is 10.9 Å². The topological polar surface area (TPSA) is 78.0 Å². The van der Waals surface area contributed by atoms with Crippen LogP contribution in [0.1, 0.15) is 11.4 Å². The maximum absolute atomic E-state index is 8.81. The first kappa shape index (κ1) is 14.4. The highest BCUT2D eigenvalue weighted by atomic mass is 32.2. The van der Waals surface area contributed by atoms with Crippen molar-refractivity contribution in [3.63, 3.8) is 0 Å². The number of nitrogens with zero attached hydrogens (tertiary/aromatic N) is 2. The van der Waals surface area contributed by atoms with Crippen LogP contribution in [0.15, 0.2) is 30.5 Å². The van der Waals surface area contributed by atoms with Gasteiger partial charge in [-0.15, -0.1) is 0 Å². The van der Waals surface area contributed by atoms with Crippen LogP contribution in [0.5, 0.6) is 0 Å². The fraction of sp³-hybridized carbons (Fsp3) is 0.250. The molecule has 0 amide bonds. The summed E-state index contributed by atoms with van der Waals surface area (Å²) in [7, 11) is -0.581. The lowest BCUT2D eigenvalue weighted by Crippen LogP contribution is -1.93. The van der Waals surface area contributed by atoms with Crippen LogP contribution in [-0.4, -0.2) is 18.0 Å². The molecule has 0 radical (unpaired) electrons. The van der Waals surface area contributed by atoms with Crippen molar-refractivity contribution in [1.29, 1.82) is 0 Å². The maximum atomic E-state index is 8.81. The number of aromatic nitrogens is 2. The molecule has 0 spiro atoms. The lowest BCUT2D eigenvalue weighted by Gasteiger charge is -2.03. The fourth-order valence-electron chi connectivity index (χ4n) is 1.49. The fourth-order valence-corrected chi connectivity index (χ4v) is 1.49. The predicted octanol–water partition coefficient (Wildman–Crippen LogP) is 1.18. The Labute approximate surface area is 108 Å². The second kappa shape index (κ2) is 6.32. The molecule has 2 aromatic rings. The summed E-state index contributed by atoms with van der Waals surface area (Å²) in [5.74, 6) is 1.04. The number of imidazole rings is 1. The summed E-state index contributed by atoms with van der Waals surface area (Å²) in [6.07, 6.45) is 1.92. The molecular formula is C12H17N3O2S. The molecule has 0 aliphatic carbocycles. The summed E-state index contributed by atoms with van der Waals surface area (Å²) in [5, 5.41) is 4.06. The van der Waals surface area contributed by atoms with Crippen LogP contribution in [0.3, 0.4) is 0 Å². The molecule has 0 aliphatic rings. The van der Waals surface area contributed by atoms with Crippen molar-refractivity contribution in [2.24, 2.45) is 12.2 Å². The first-order chi connectivity index (χ1) is 8.41. The van der Waals surface area contributed by atoms with Crippen molar-refractivity contribution in [1.82, 2.24) is 9.55 Å². The van der Waals surface area contributed by atoms with Gasteiger partial charge in [0.25, 0.3) is 0 Å². The predicted molar refractivity (Wildman–Crippen MR) is 72.6 cm³/mol. The lowest BCUT2D eigenvalue weighted by molar-refractivity contribution is 0.616. The zero-order valence-electron chi connectivity index (χ0n) is 10.6. The van der Waals surface area contributed by atoms with E-state index in [0.29, 0.717) is 0 Å². The quantitative estimate of drug-likeness (QED) is 0.761. The van der Waals surface area contributed by atoms with Gasteiger partial charge in [0.2, 0.25) is 0 Å². The summed E-state index contributed by atoms with van der Waals surface area (Å²) in [5.41, 5.74) is 3.67. The van der Waals surface area contributed by atoms with Crippen LogP contribution in [0, 0.1) is 13.8 Å². The molecule has 5 nitrogen and oxygen atoms in total. The lowest BCUT2D eigenvalue weighted by atomic mass is 10.1. The van der Waals surface area contributed by atoms with Gasteiger partial charge in [-0.25, -0.2) is 18.5 Å². The molecule has 6 heteroatoms. The van der Waals surface area contributed by atoms with Gasteiger partial charge in [0.1, 0.15) is 5.82 Å². The SMILES string of the molecule is Cc1ccc(-c2cnc(C)n2C)cc1.N[SH](=O)=O. The Bertz CT molecular complexity index is 578. The van der Waals surface area contributed by atoms with E-state index in [0.717, 1.165) is 5.82 Å². The zero-order chi connectivity index (χ0) is 13.7. The highest BCUT2D eigenvalue weighted by Gasteiger charge is 2.04. The summed E-state index contributed by atoms with van der Waals surface area (Å²) in [6, 6.07) is 8.51. The summed E-state index contributed by atoms with van der Waals surface area (Å²) in [6.45, 7) is 4.11. The van der Waals surface area contributed by atoms with E-state index in [1.165, 1.54) is 16.8 Å². The minimum absolute atomic E-state index is 1.04. The molecular weight excluding hydrogens is 250 g/mol. The third kappa shape index (κ3) is 3.97. The molecule has 18 heavy (non-hydrogen) atoms. The van der Waals surface area contributed by atoms with E-state index in [1.54, 1.807) is 0 Å². The number of benzene rings is 1. The maximum Gasteiger partial charge on any atom is 0.198 e. The number of thiol groups is 1. The number of hydrogen-bond acceptors (Lipinski definition) is 3. The molecule has 0 unspecified atom stereocenters. The Balaban J connectivity index is 0.000000357. The molecule has 0 saturated heterocycles. The van der Waals surface area contributed by atoms with Gasteiger partial charge in [0, 0.05) is 7.05 Å². The number of aryl methyl sites for hydroxylation is 2. The molecule has 0 bridgehead atoms. The van der Waals surface area contributed by atoms with Crippen LogP contribution in [-0.2, 0) is 17.9 Å². The zero-order valence-corrected chi connectivity index (χ0v) is 11.5. The van der Waals surface area contributed by atoms with Gasteiger partial charge in [-0.2, -0.15) is 0 Å². The molecule has 0 aliphatic heterocycles.